The van der Waals surface area contributed by atoms with Gasteiger partial charge in [0.25, 0.3) is 10.0 Å². The number of anilines is 1. The molecule has 0 fully saturated rings. The Morgan fingerprint density at radius 3 is 2.13 bits per heavy atom. The van der Waals surface area contributed by atoms with E-state index < -0.39 is 28.5 Å². The van der Waals surface area contributed by atoms with Crippen molar-refractivity contribution in [1.29, 1.82) is 0 Å². The van der Waals surface area contributed by atoms with Crippen LogP contribution in [0.2, 0.25) is 0 Å². The number of carbonyl (C=O) groups excluding carboxylic acids is 2. The summed E-state index contributed by atoms with van der Waals surface area (Å²) in [5.41, 5.74) is 3.91. The maximum atomic E-state index is 14.1. The molecule has 0 saturated heterocycles. The van der Waals surface area contributed by atoms with Crippen LogP contribution >= 0.6 is 0 Å². The highest BCUT2D eigenvalue weighted by molar-refractivity contribution is 7.92. The first-order valence-corrected chi connectivity index (χ1v) is 14.7. The lowest BCUT2D eigenvalue weighted by Gasteiger charge is -2.34. The number of hydrogen-bond acceptors (Lipinski definition) is 4. The Morgan fingerprint density at radius 2 is 1.51 bits per heavy atom. The monoisotopic (exact) mass is 549 g/mol. The van der Waals surface area contributed by atoms with Crippen molar-refractivity contribution in [1.82, 2.24) is 10.2 Å². The molecule has 7 nitrogen and oxygen atoms in total. The molecule has 0 heterocycles. The summed E-state index contributed by atoms with van der Waals surface area (Å²) >= 11 is 0. The molecule has 0 saturated carbocycles. The normalized spacial score (nSPS) is 12.2. The number of aryl methyl sites for hydroxylation is 3. The molecule has 2 amide bonds. The van der Waals surface area contributed by atoms with Crippen LogP contribution in [0.5, 0.6) is 0 Å². The van der Waals surface area contributed by atoms with Crippen LogP contribution in [-0.2, 0) is 26.2 Å². The number of carbonyl (C=O) groups is 2. The largest absolute Gasteiger partial charge is 0.352 e. The quantitative estimate of drug-likeness (QED) is 0.359. The number of nitrogens with one attached hydrogen (secondary N) is 1. The molecule has 0 aliphatic heterocycles. The van der Waals surface area contributed by atoms with Gasteiger partial charge in [-0.05, 0) is 81.5 Å². The van der Waals surface area contributed by atoms with Crippen molar-refractivity contribution in [3.8, 4) is 0 Å². The van der Waals surface area contributed by atoms with Crippen LogP contribution in [0.15, 0.2) is 77.7 Å². The highest BCUT2D eigenvalue weighted by Crippen LogP contribution is 2.28. The third-order valence-corrected chi connectivity index (χ3v) is 8.44. The predicted molar refractivity (Wildman–Crippen MR) is 156 cm³/mol. The summed E-state index contributed by atoms with van der Waals surface area (Å²) in [5, 5.41) is 2.92. The van der Waals surface area contributed by atoms with Crippen LogP contribution in [0, 0.1) is 20.8 Å². The minimum absolute atomic E-state index is 0.0914. The van der Waals surface area contributed by atoms with Crippen molar-refractivity contribution in [2.45, 2.75) is 71.5 Å². The van der Waals surface area contributed by atoms with Crippen molar-refractivity contribution in [3.63, 3.8) is 0 Å². The molecule has 208 valence electrons. The maximum Gasteiger partial charge on any atom is 0.264 e. The molecule has 39 heavy (non-hydrogen) atoms. The Labute approximate surface area is 232 Å². The first-order chi connectivity index (χ1) is 18.4. The summed E-state index contributed by atoms with van der Waals surface area (Å²) in [5.74, 6) is -0.719. The fourth-order valence-electron chi connectivity index (χ4n) is 4.49. The van der Waals surface area contributed by atoms with Gasteiger partial charge >= 0.3 is 0 Å². The highest BCUT2D eigenvalue weighted by Gasteiger charge is 2.34. The Balaban J connectivity index is 2.11. The number of sulfonamides is 1. The molecule has 1 atom stereocenters. The predicted octanol–water partition coefficient (Wildman–Crippen LogP) is 5.14. The van der Waals surface area contributed by atoms with Gasteiger partial charge in [-0.1, -0.05) is 61.5 Å². The van der Waals surface area contributed by atoms with Gasteiger partial charge in [-0.25, -0.2) is 8.42 Å². The van der Waals surface area contributed by atoms with Gasteiger partial charge in [0, 0.05) is 12.6 Å². The van der Waals surface area contributed by atoms with Crippen molar-refractivity contribution >= 4 is 27.5 Å². The second kappa shape index (κ2) is 12.9. The van der Waals surface area contributed by atoms with E-state index in [-0.39, 0.29) is 23.4 Å². The lowest BCUT2D eigenvalue weighted by atomic mass is 10.1. The van der Waals surface area contributed by atoms with E-state index >= 15 is 0 Å². The molecule has 3 aromatic carbocycles. The van der Waals surface area contributed by atoms with E-state index in [9.17, 15) is 18.0 Å². The second-order valence-electron chi connectivity index (χ2n) is 10.2. The minimum Gasteiger partial charge on any atom is -0.352 e. The van der Waals surface area contributed by atoms with Gasteiger partial charge < -0.3 is 10.2 Å². The molecule has 0 aliphatic rings. The second-order valence-corrected chi connectivity index (χ2v) is 12.0. The van der Waals surface area contributed by atoms with Gasteiger partial charge in [-0.15, -0.1) is 0 Å². The molecule has 1 N–H and O–H groups in total. The smallest absolute Gasteiger partial charge is 0.264 e. The van der Waals surface area contributed by atoms with Gasteiger partial charge in [0.1, 0.15) is 12.6 Å². The van der Waals surface area contributed by atoms with Crippen LogP contribution in [-0.4, -0.2) is 43.8 Å². The van der Waals surface area contributed by atoms with E-state index in [2.05, 4.69) is 5.32 Å². The van der Waals surface area contributed by atoms with E-state index in [0.717, 1.165) is 22.3 Å². The van der Waals surface area contributed by atoms with Crippen LogP contribution in [0.1, 0.15) is 49.4 Å². The topological polar surface area (TPSA) is 86.8 Å². The minimum atomic E-state index is -4.09. The van der Waals surface area contributed by atoms with Crippen molar-refractivity contribution in [2.75, 3.05) is 10.8 Å². The van der Waals surface area contributed by atoms with Gasteiger partial charge in [-0.2, -0.15) is 0 Å². The molecular weight excluding hydrogens is 510 g/mol. The summed E-state index contributed by atoms with van der Waals surface area (Å²) in [7, 11) is -4.09. The highest BCUT2D eigenvalue weighted by atomic mass is 32.2. The zero-order chi connectivity index (χ0) is 28.7. The average molecular weight is 550 g/mol. The van der Waals surface area contributed by atoms with E-state index in [4.69, 9.17) is 0 Å². The molecule has 3 rings (SSSR count). The van der Waals surface area contributed by atoms with Crippen LogP contribution < -0.4 is 9.62 Å². The van der Waals surface area contributed by atoms with Gasteiger partial charge in [-0.3, -0.25) is 13.9 Å². The van der Waals surface area contributed by atoms with E-state index in [1.165, 1.54) is 21.3 Å². The number of hydrogen-bond donors (Lipinski definition) is 1. The number of amides is 2. The van der Waals surface area contributed by atoms with Crippen molar-refractivity contribution in [3.05, 3.63) is 95.1 Å². The number of nitrogens with zero attached hydrogens (tertiary/aromatic N) is 2. The number of benzene rings is 3. The molecule has 0 aliphatic carbocycles. The molecule has 3 aromatic rings. The first kappa shape index (κ1) is 29.9. The van der Waals surface area contributed by atoms with E-state index in [1.54, 1.807) is 24.3 Å². The van der Waals surface area contributed by atoms with E-state index in [1.807, 2.05) is 77.9 Å². The summed E-state index contributed by atoms with van der Waals surface area (Å²) < 4.78 is 29.1. The standard InChI is InChI=1S/C31H39N3O4S/c1-7-28(31(36)32-22(2)3)33(20-26-14-12-11-13-24(26)5)30(35)21-34(29-19-23(4)17-18-25(29)6)39(37,38)27-15-9-8-10-16-27/h8-19,22,28H,7,20-21H2,1-6H3,(H,32,36). The van der Waals surface area contributed by atoms with Gasteiger partial charge in [0.15, 0.2) is 0 Å². The molecule has 8 heteroatoms. The van der Waals surface area contributed by atoms with Crippen LogP contribution in [0.4, 0.5) is 5.69 Å². The zero-order valence-corrected chi connectivity index (χ0v) is 24.5. The molecule has 1 unspecified atom stereocenters. The Morgan fingerprint density at radius 1 is 0.872 bits per heavy atom. The fourth-order valence-corrected chi connectivity index (χ4v) is 5.98. The Hall–Kier alpha value is -3.65. The SMILES string of the molecule is CCC(C(=O)NC(C)C)N(Cc1ccccc1C)C(=O)CN(c1cc(C)ccc1C)S(=O)(=O)c1ccccc1. The first-order valence-electron chi connectivity index (χ1n) is 13.2. The van der Waals surface area contributed by atoms with Crippen molar-refractivity contribution in [2.24, 2.45) is 0 Å². The summed E-state index contributed by atoms with van der Waals surface area (Å²) in [6.45, 7) is 11.0. The Bertz CT molecular complexity index is 1400. The summed E-state index contributed by atoms with van der Waals surface area (Å²) in [6.07, 6.45) is 0.380. The lowest BCUT2D eigenvalue weighted by Crippen LogP contribution is -2.53. The summed E-state index contributed by atoms with van der Waals surface area (Å²) in [4.78, 5) is 29.0. The fraction of sp³-hybridized carbons (Fsp3) is 0.355. The van der Waals surface area contributed by atoms with E-state index in [0.29, 0.717) is 12.1 Å². The number of rotatable bonds is 11. The molecule has 0 aromatic heterocycles. The van der Waals surface area contributed by atoms with Crippen molar-refractivity contribution < 1.29 is 18.0 Å². The third-order valence-electron chi connectivity index (χ3n) is 6.66. The van der Waals surface area contributed by atoms with Crippen LogP contribution in [0.3, 0.4) is 0 Å². The average Bonchev–Trinajstić information content (AvgIpc) is 2.89. The molecule has 0 bridgehead atoms. The Kier molecular flexibility index (Phi) is 9.92. The zero-order valence-electron chi connectivity index (χ0n) is 23.6. The maximum absolute atomic E-state index is 14.1. The van der Waals surface area contributed by atoms with Crippen LogP contribution in [0.25, 0.3) is 0 Å². The third kappa shape index (κ3) is 7.26. The summed E-state index contributed by atoms with van der Waals surface area (Å²) in [6, 6.07) is 20.4. The molecule has 0 spiro atoms. The lowest BCUT2D eigenvalue weighted by molar-refractivity contribution is -0.140. The van der Waals surface area contributed by atoms with Gasteiger partial charge in [0.05, 0.1) is 10.6 Å². The molecule has 0 radical (unpaired) electrons. The van der Waals surface area contributed by atoms with Gasteiger partial charge in [0.2, 0.25) is 11.8 Å². The molecular formula is C31H39N3O4S.